The van der Waals surface area contributed by atoms with Gasteiger partial charge in [-0.2, -0.15) is 10.5 Å². The highest BCUT2D eigenvalue weighted by Crippen LogP contribution is 2.25. The van der Waals surface area contributed by atoms with Crippen LogP contribution in [0.15, 0.2) is 48.0 Å². The SMILES string of the molecule is N#CC(C#N)=Cc1cc(F)c(OCc2ccccc2)c(F)c1. The molecular formula is C17H10F2N2O. The summed E-state index contributed by atoms with van der Waals surface area (Å²) in [4.78, 5) is 0. The Balaban J connectivity index is 2.23. The second-order valence-electron chi connectivity index (χ2n) is 4.37. The zero-order valence-electron chi connectivity index (χ0n) is 11.4. The number of nitriles is 2. The number of halogens is 2. The van der Waals surface area contributed by atoms with E-state index in [0.717, 1.165) is 23.8 Å². The Morgan fingerprint density at radius 1 is 1.05 bits per heavy atom. The summed E-state index contributed by atoms with van der Waals surface area (Å²) in [6.07, 6.45) is 1.10. The third-order valence-corrected chi connectivity index (χ3v) is 2.80. The van der Waals surface area contributed by atoms with Crippen molar-refractivity contribution in [3.8, 4) is 17.9 Å². The zero-order valence-corrected chi connectivity index (χ0v) is 11.4. The van der Waals surface area contributed by atoms with Crippen LogP contribution in [0.2, 0.25) is 0 Å². The van der Waals surface area contributed by atoms with E-state index in [1.54, 1.807) is 36.4 Å². The number of rotatable bonds is 4. The molecule has 0 N–H and O–H groups in total. The number of hydrogen-bond donors (Lipinski definition) is 0. The van der Waals surface area contributed by atoms with Gasteiger partial charge in [-0.25, -0.2) is 8.78 Å². The minimum absolute atomic E-state index is 0.0332. The van der Waals surface area contributed by atoms with Crippen LogP contribution >= 0.6 is 0 Å². The van der Waals surface area contributed by atoms with Gasteiger partial charge in [-0.1, -0.05) is 30.3 Å². The summed E-state index contributed by atoms with van der Waals surface area (Å²) in [6.45, 7) is 0.0332. The number of hydrogen-bond acceptors (Lipinski definition) is 3. The summed E-state index contributed by atoms with van der Waals surface area (Å²) in [5, 5.41) is 17.3. The van der Waals surface area contributed by atoms with Gasteiger partial charge in [-0.05, 0) is 29.3 Å². The number of ether oxygens (including phenoxy) is 1. The van der Waals surface area contributed by atoms with Crippen molar-refractivity contribution < 1.29 is 13.5 Å². The second kappa shape index (κ2) is 7.01. The molecule has 0 bridgehead atoms. The van der Waals surface area contributed by atoms with Crippen LogP contribution in [-0.4, -0.2) is 0 Å². The highest BCUT2D eigenvalue weighted by molar-refractivity contribution is 5.62. The lowest BCUT2D eigenvalue weighted by Gasteiger charge is -2.09. The first-order chi connectivity index (χ1) is 10.6. The molecule has 0 saturated carbocycles. The average molecular weight is 296 g/mol. The molecule has 0 heterocycles. The highest BCUT2D eigenvalue weighted by atomic mass is 19.1. The van der Waals surface area contributed by atoms with Crippen molar-refractivity contribution in [3.63, 3.8) is 0 Å². The molecule has 0 spiro atoms. The van der Waals surface area contributed by atoms with E-state index in [1.807, 2.05) is 6.07 Å². The molecule has 0 aliphatic carbocycles. The molecule has 0 radical (unpaired) electrons. The van der Waals surface area contributed by atoms with E-state index in [4.69, 9.17) is 15.3 Å². The topological polar surface area (TPSA) is 56.8 Å². The smallest absolute Gasteiger partial charge is 0.191 e. The zero-order chi connectivity index (χ0) is 15.9. The fourth-order valence-corrected chi connectivity index (χ4v) is 1.79. The fourth-order valence-electron chi connectivity index (χ4n) is 1.79. The maximum atomic E-state index is 13.9. The van der Waals surface area contributed by atoms with E-state index >= 15 is 0 Å². The molecule has 0 fully saturated rings. The van der Waals surface area contributed by atoms with E-state index in [9.17, 15) is 8.78 Å². The van der Waals surface area contributed by atoms with Gasteiger partial charge in [0.15, 0.2) is 17.4 Å². The fraction of sp³-hybridized carbons (Fsp3) is 0.0588. The van der Waals surface area contributed by atoms with Crippen LogP contribution < -0.4 is 4.74 Å². The molecule has 108 valence electrons. The first-order valence-electron chi connectivity index (χ1n) is 6.31. The molecule has 22 heavy (non-hydrogen) atoms. The Kier molecular flexibility index (Phi) is 4.85. The number of allylic oxidation sites excluding steroid dienone is 1. The lowest BCUT2D eigenvalue weighted by atomic mass is 10.1. The van der Waals surface area contributed by atoms with Crippen molar-refractivity contribution in [1.29, 1.82) is 10.5 Å². The standard InChI is InChI=1S/C17H10F2N2O/c18-15-7-13(6-14(9-20)10-21)8-16(19)17(15)22-11-12-4-2-1-3-5-12/h1-8H,11H2. The molecule has 2 rings (SSSR count). The van der Waals surface area contributed by atoms with Crippen molar-refractivity contribution in [3.05, 3.63) is 70.8 Å². The minimum atomic E-state index is -0.891. The van der Waals surface area contributed by atoms with Gasteiger partial charge >= 0.3 is 0 Å². The van der Waals surface area contributed by atoms with Gasteiger partial charge in [-0.3, -0.25) is 0 Å². The minimum Gasteiger partial charge on any atom is -0.483 e. The largest absolute Gasteiger partial charge is 0.483 e. The van der Waals surface area contributed by atoms with Crippen LogP contribution in [0.3, 0.4) is 0 Å². The molecule has 0 aromatic heterocycles. The monoisotopic (exact) mass is 296 g/mol. The van der Waals surface area contributed by atoms with Crippen molar-refractivity contribution >= 4 is 6.08 Å². The van der Waals surface area contributed by atoms with Gasteiger partial charge in [0.1, 0.15) is 24.3 Å². The summed E-state index contributed by atoms with van der Waals surface area (Å²) in [5.74, 6) is -2.27. The third kappa shape index (κ3) is 3.68. The van der Waals surface area contributed by atoms with Gasteiger partial charge in [0, 0.05) is 0 Å². The van der Waals surface area contributed by atoms with E-state index in [-0.39, 0.29) is 17.7 Å². The summed E-state index contributed by atoms with van der Waals surface area (Å²) < 4.78 is 33.0. The first-order valence-corrected chi connectivity index (χ1v) is 6.31. The van der Waals surface area contributed by atoms with Crippen LogP contribution in [0.25, 0.3) is 6.08 Å². The van der Waals surface area contributed by atoms with Crippen LogP contribution in [0.4, 0.5) is 8.78 Å². The van der Waals surface area contributed by atoms with Gasteiger partial charge < -0.3 is 4.74 Å². The molecule has 2 aromatic rings. The van der Waals surface area contributed by atoms with Crippen LogP contribution in [-0.2, 0) is 6.61 Å². The van der Waals surface area contributed by atoms with Gasteiger partial charge in [0.05, 0.1) is 0 Å². The van der Waals surface area contributed by atoms with Gasteiger partial charge in [-0.15, -0.1) is 0 Å². The molecule has 0 aliphatic rings. The quantitative estimate of drug-likeness (QED) is 0.802. The lowest BCUT2D eigenvalue weighted by molar-refractivity contribution is 0.274. The van der Waals surface area contributed by atoms with Crippen LogP contribution in [0, 0.1) is 34.3 Å². The molecule has 0 unspecified atom stereocenters. The van der Waals surface area contributed by atoms with E-state index < -0.39 is 17.4 Å². The summed E-state index contributed by atoms with van der Waals surface area (Å²) >= 11 is 0. The van der Waals surface area contributed by atoms with Crippen molar-refractivity contribution in [2.75, 3.05) is 0 Å². The molecule has 5 heteroatoms. The average Bonchev–Trinajstić information content (AvgIpc) is 2.52. The first kappa shape index (κ1) is 15.2. The maximum Gasteiger partial charge on any atom is 0.191 e. The third-order valence-electron chi connectivity index (χ3n) is 2.80. The summed E-state index contributed by atoms with van der Waals surface area (Å²) in [7, 11) is 0. The molecule has 0 amide bonds. The summed E-state index contributed by atoms with van der Waals surface area (Å²) in [5.41, 5.74) is 0.624. The van der Waals surface area contributed by atoms with E-state index in [1.165, 1.54) is 0 Å². The highest BCUT2D eigenvalue weighted by Gasteiger charge is 2.12. The van der Waals surface area contributed by atoms with Gasteiger partial charge in [0.2, 0.25) is 0 Å². The molecule has 0 atom stereocenters. The lowest BCUT2D eigenvalue weighted by Crippen LogP contribution is -2.00. The van der Waals surface area contributed by atoms with Crippen molar-refractivity contribution in [2.24, 2.45) is 0 Å². The normalized spacial score (nSPS) is 9.45. The molecular weight excluding hydrogens is 286 g/mol. The second-order valence-corrected chi connectivity index (χ2v) is 4.37. The predicted octanol–water partition coefficient (Wildman–Crippen LogP) is 3.97. The Hall–Kier alpha value is -3.18. The maximum absolute atomic E-state index is 13.9. The Morgan fingerprint density at radius 3 is 2.18 bits per heavy atom. The Labute approximate surface area is 126 Å². The van der Waals surface area contributed by atoms with Gasteiger partial charge in [0.25, 0.3) is 0 Å². The van der Waals surface area contributed by atoms with Crippen LogP contribution in [0.1, 0.15) is 11.1 Å². The predicted molar refractivity (Wildman–Crippen MR) is 76.3 cm³/mol. The van der Waals surface area contributed by atoms with Crippen molar-refractivity contribution in [1.82, 2.24) is 0 Å². The van der Waals surface area contributed by atoms with Crippen LogP contribution in [0.5, 0.6) is 5.75 Å². The Morgan fingerprint density at radius 2 is 1.64 bits per heavy atom. The molecule has 2 aromatic carbocycles. The molecule has 0 saturated heterocycles. The van der Waals surface area contributed by atoms with E-state index in [2.05, 4.69) is 0 Å². The number of nitrogens with zero attached hydrogens (tertiary/aromatic N) is 2. The summed E-state index contributed by atoms with van der Waals surface area (Å²) in [6, 6.07) is 14.2. The number of benzene rings is 2. The molecule has 0 aliphatic heterocycles. The van der Waals surface area contributed by atoms with Crippen molar-refractivity contribution in [2.45, 2.75) is 6.61 Å². The molecule has 3 nitrogen and oxygen atoms in total. The Bertz CT molecular complexity index is 748. The van der Waals surface area contributed by atoms with E-state index in [0.29, 0.717) is 0 Å².